The topological polar surface area (TPSA) is 107 Å². The molecule has 8 nitrogen and oxygen atoms in total. The van der Waals surface area contributed by atoms with E-state index in [1.165, 1.54) is 47.4 Å². The van der Waals surface area contributed by atoms with Crippen LogP contribution in [0.3, 0.4) is 0 Å². The number of ether oxygens (including phenoxy) is 1. The van der Waals surface area contributed by atoms with E-state index in [0.717, 1.165) is 0 Å². The molecule has 2 fully saturated rings. The lowest BCUT2D eigenvalue weighted by atomic mass is 10.0. The van der Waals surface area contributed by atoms with Crippen LogP contribution in [0.5, 0.6) is 11.5 Å². The third-order valence-electron chi connectivity index (χ3n) is 4.89. The molecule has 28 heavy (non-hydrogen) atoms. The summed E-state index contributed by atoms with van der Waals surface area (Å²) in [6.45, 7) is 0. The van der Waals surface area contributed by atoms with Crippen molar-refractivity contribution < 1.29 is 27.3 Å². The summed E-state index contributed by atoms with van der Waals surface area (Å²) in [5.74, 6) is -0.928. The molecule has 2 saturated heterocycles. The molecule has 0 unspecified atom stereocenters. The Morgan fingerprint density at radius 3 is 2.50 bits per heavy atom. The number of hydrogen-bond donors (Lipinski definition) is 0. The molecule has 2 heterocycles. The molecule has 0 radical (unpaired) electrons. The zero-order valence-electron chi connectivity index (χ0n) is 14.4. The van der Waals surface area contributed by atoms with Crippen LogP contribution in [0, 0.1) is 21.8 Å². The molecule has 4 rings (SSSR count). The molecule has 10 heteroatoms. The highest BCUT2D eigenvalue weighted by atomic mass is 32.2. The fraction of sp³-hybridized carbons (Fsp3) is 0.278. The maximum atomic E-state index is 13.1. The summed E-state index contributed by atoms with van der Waals surface area (Å²) >= 11 is 0. The van der Waals surface area contributed by atoms with Crippen molar-refractivity contribution in [3.05, 3.63) is 58.4 Å². The van der Waals surface area contributed by atoms with E-state index in [9.17, 15) is 27.7 Å². The van der Waals surface area contributed by atoms with Crippen LogP contribution in [0.25, 0.3) is 0 Å². The average Bonchev–Trinajstić information content (AvgIpc) is 3.06. The van der Waals surface area contributed by atoms with Gasteiger partial charge in [0.25, 0.3) is 5.69 Å². The molecule has 146 valence electrons. The van der Waals surface area contributed by atoms with Gasteiger partial charge in [-0.15, -0.1) is 0 Å². The van der Waals surface area contributed by atoms with Gasteiger partial charge >= 0.3 is 0 Å². The van der Waals surface area contributed by atoms with Crippen LogP contribution in [-0.4, -0.2) is 36.8 Å². The van der Waals surface area contributed by atoms with Crippen LogP contribution in [0.15, 0.2) is 42.5 Å². The number of rotatable bonds is 4. The zero-order chi connectivity index (χ0) is 20.1. The Labute approximate surface area is 159 Å². The lowest BCUT2D eigenvalue weighted by Gasteiger charge is -2.23. The maximum Gasteiger partial charge on any atom is 0.275 e. The van der Waals surface area contributed by atoms with Crippen LogP contribution in [0.4, 0.5) is 15.8 Å². The highest BCUT2D eigenvalue weighted by Crippen LogP contribution is 2.40. The van der Waals surface area contributed by atoms with Gasteiger partial charge in [0.2, 0.25) is 5.91 Å². The fourth-order valence-corrected chi connectivity index (χ4v) is 5.81. The lowest BCUT2D eigenvalue weighted by Crippen LogP contribution is -2.36. The monoisotopic (exact) mass is 406 g/mol. The SMILES string of the molecule is O=C1C[C@H]2CS(=O)(=O)C[C@@H]2N1c1cc(Oc2ccc(F)cc2)cc([N+](=O)[O-])c1. The molecule has 0 bridgehead atoms. The molecule has 0 aliphatic carbocycles. The standard InChI is InChI=1S/C18H15FN2O6S/c19-12-1-3-15(4-2-12)27-16-7-13(6-14(8-16)21(23)24)20-17-10-28(25,26)9-11(17)5-18(20)22/h1-4,6-8,11,17H,5,9-10H2/t11-,17-/m0/s1. The largest absolute Gasteiger partial charge is 0.457 e. The predicted molar refractivity (Wildman–Crippen MR) is 97.6 cm³/mol. The van der Waals surface area contributed by atoms with Crippen molar-refractivity contribution in [2.45, 2.75) is 12.5 Å². The number of benzene rings is 2. The number of nitro benzene ring substituents is 1. The second-order valence-corrected chi connectivity index (χ2v) is 9.02. The molecule has 2 aromatic carbocycles. The normalized spacial score (nSPS) is 22.9. The van der Waals surface area contributed by atoms with E-state index < -0.39 is 26.6 Å². The number of carbonyl (C=O) groups is 1. The first-order valence-corrected chi connectivity index (χ1v) is 10.3. The van der Waals surface area contributed by atoms with Gasteiger partial charge in [-0.3, -0.25) is 14.9 Å². The van der Waals surface area contributed by atoms with Crippen molar-refractivity contribution in [1.82, 2.24) is 0 Å². The van der Waals surface area contributed by atoms with Gasteiger partial charge in [0.1, 0.15) is 17.3 Å². The minimum absolute atomic E-state index is 0.0617. The van der Waals surface area contributed by atoms with E-state index >= 15 is 0 Å². The highest BCUT2D eigenvalue weighted by Gasteiger charge is 2.49. The Hall–Kier alpha value is -3.01. The van der Waals surface area contributed by atoms with Gasteiger partial charge in [-0.25, -0.2) is 12.8 Å². The smallest absolute Gasteiger partial charge is 0.275 e. The summed E-state index contributed by atoms with van der Waals surface area (Å²) in [5.41, 5.74) is -0.0902. The molecular formula is C18H15FN2O6S. The number of halogens is 1. The Morgan fingerprint density at radius 1 is 1.11 bits per heavy atom. The second-order valence-electron chi connectivity index (χ2n) is 6.87. The van der Waals surface area contributed by atoms with Gasteiger partial charge in [-0.1, -0.05) is 0 Å². The van der Waals surface area contributed by atoms with Crippen molar-refractivity contribution >= 4 is 27.1 Å². The molecule has 2 atom stereocenters. The summed E-state index contributed by atoms with van der Waals surface area (Å²) < 4.78 is 42.5. The molecule has 2 aliphatic rings. The van der Waals surface area contributed by atoms with Crippen LogP contribution >= 0.6 is 0 Å². The number of anilines is 1. The van der Waals surface area contributed by atoms with Gasteiger partial charge in [-0.2, -0.15) is 0 Å². The molecule has 0 aromatic heterocycles. The van der Waals surface area contributed by atoms with Crippen molar-refractivity contribution in [2.24, 2.45) is 5.92 Å². The number of amides is 1. The number of hydrogen-bond acceptors (Lipinski definition) is 6. The summed E-state index contributed by atoms with van der Waals surface area (Å²) in [5, 5.41) is 11.3. The first-order chi connectivity index (χ1) is 13.2. The lowest BCUT2D eigenvalue weighted by molar-refractivity contribution is -0.384. The minimum Gasteiger partial charge on any atom is -0.457 e. The van der Waals surface area contributed by atoms with Crippen LogP contribution in [0.2, 0.25) is 0 Å². The zero-order valence-corrected chi connectivity index (χ0v) is 15.3. The van der Waals surface area contributed by atoms with Crippen molar-refractivity contribution in [3.63, 3.8) is 0 Å². The summed E-state index contributed by atoms with van der Waals surface area (Å²) in [7, 11) is -3.25. The third kappa shape index (κ3) is 3.42. The van der Waals surface area contributed by atoms with Gasteiger partial charge in [0, 0.05) is 24.5 Å². The highest BCUT2D eigenvalue weighted by molar-refractivity contribution is 7.91. The summed E-state index contributed by atoms with van der Waals surface area (Å²) in [4.78, 5) is 24.5. The van der Waals surface area contributed by atoms with E-state index in [0.29, 0.717) is 0 Å². The molecular weight excluding hydrogens is 391 g/mol. The van der Waals surface area contributed by atoms with E-state index in [4.69, 9.17) is 4.74 Å². The van der Waals surface area contributed by atoms with E-state index in [1.807, 2.05) is 0 Å². The molecule has 2 aliphatic heterocycles. The van der Waals surface area contributed by atoms with Crippen LogP contribution < -0.4 is 9.64 Å². The number of nitrogens with zero attached hydrogens (tertiary/aromatic N) is 2. The van der Waals surface area contributed by atoms with Gasteiger partial charge in [0.05, 0.1) is 34.2 Å². The Kier molecular flexibility index (Phi) is 4.30. The minimum atomic E-state index is -3.25. The Bertz CT molecular complexity index is 1070. The third-order valence-corrected chi connectivity index (χ3v) is 6.67. The van der Waals surface area contributed by atoms with Crippen LogP contribution in [-0.2, 0) is 14.6 Å². The van der Waals surface area contributed by atoms with Gasteiger partial charge in [-0.05, 0) is 24.3 Å². The van der Waals surface area contributed by atoms with Gasteiger partial charge in [0.15, 0.2) is 9.84 Å². The average molecular weight is 406 g/mol. The molecule has 0 saturated carbocycles. The first kappa shape index (κ1) is 18.4. The Balaban J connectivity index is 1.72. The van der Waals surface area contributed by atoms with E-state index in [-0.39, 0.29) is 52.6 Å². The summed E-state index contributed by atoms with van der Waals surface area (Å²) in [6, 6.07) is 8.43. The number of carbonyl (C=O) groups excluding carboxylic acids is 1. The second kappa shape index (κ2) is 6.55. The van der Waals surface area contributed by atoms with Crippen molar-refractivity contribution in [3.8, 4) is 11.5 Å². The molecule has 2 aromatic rings. The maximum absolute atomic E-state index is 13.1. The Morgan fingerprint density at radius 2 is 1.82 bits per heavy atom. The summed E-state index contributed by atoms with van der Waals surface area (Å²) in [6.07, 6.45) is 0.0841. The number of non-ortho nitro benzene ring substituents is 1. The number of nitro groups is 1. The number of sulfone groups is 1. The predicted octanol–water partition coefficient (Wildman–Crippen LogP) is 2.68. The van der Waals surface area contributed by atoms with Crippen molar-refractivity contribution in [2.75, 3.05) is 16.4 Å². The fourth-order valence-electron chi connectivity index (χ4n) is 3.74. The molecule has 0 spiro atoms. The number of fused-ring (bicyclic) bond motifs is 1. The van der Waals surface area contributed by atoms with Crippen LogP contribution in [0.1, 0.15) is 6.42 Å². The first-order valence-electron chi connectivity index (χ1n) is 8.47. The molecule has 1 amide bonds. The van der Waals surface area contributed by atoms with E-state index in [1.54, 1.807) is 0 Å². The van der Waals surface area contributed by atoms with Crippen molar-refractivity contribution in [1.29, 1.82) is 0 Å². The van der Waals surface area contributed by atoms with Gasteiger partial charge < -0.3 is 9.64 Å². The quantitative estimate of drug-likeness (QED) is 0.571. The molecule has 0 N–H and O–H groups in total. The van der Waals surface area contributed by atoms with E-state index in [2.05, 4.69) is 0 Å².